The van der Waals surface area contributed by atoms with Crippen molar-refractivity contribution in [3.05, 3.63) is 35.9 Å². The maximum Gasteiger partial charge on any atom is 0.328 e. The van der Waals surface area contributed by atoms with Gasteiger partial charge >= 0.3 is 5.97 Å². The summed E-state index contributed by atoms with van der Waals surface area (Å²) in [6.07, 6.45) is 0.373. The van der Waals surface area contributed by atoms with Gasteiger partial charge in [0.15, 0.2) is 0 Å². The van der Waals surface area contributed by atoms with Crippen molar-refractivity contribution in [1.29, 1.82) is 0 Å². The van der Waals surface area contributed by atoms with E-state index in [0.717, 1.165) is 5.56 Å². The SMILES string of the molecule is COC(=O)[C@H](C)NC(=O)[C@@H](NC(=O)[C@H](N)Cc1ccccc1)C(C)C. The molecule has 0 bridgehead atoms. The smallest absolute Gasteiger partial charge is 0.328 e. The molecule has 138 valence electrons. The molecule has 2 amide bonds. The minimum Gasteiger partial charge on any atom is -0.467 e. The zero-order valence-electron chi connectivity index (χ0n) is 15.1. The van der Waals surface area contributed by atoms with Crippen molar-refractivity contribution in [1.82, 2.24) is 10.6 Å². The fourth-order valence-electron chi connectivity index (χ4n) is 2.29. The first-order chi connectivity index (χ1) is 11.8. The third kappa shape index (κ3) is 6.54. The standard InChI is InChI=1S/C18H27N3O4/c1-11(2)15(17(23)20-12(3)18(24)25-4)21-16(22)14(19)10-13-8-6-5-7-9-13/h5-9,11-12,14-15H,10,19H2,1-4H3,(H,20,23)(H,21,22)/t12-,14+,15-/m0/s1. The monoisotopic (exact) mass is 349 g/mol. The summed E-state index contributed by atoms with van der Waals surface area (Å²) in [6, 6.07) is 7.05. The Morgan fingerprint density at radius 3 is 2.16 bits per heavy atom. The lowest BCUT2D eigenvalue weighted by atomic mass is 10.0. The van der Waals surface area contributed by atoms with Crippen LogP contribution in [0.1, 0.15) is 26.3 Å². The van der Waals surface area contributed by atoms with E-state index in [1.54, 1.807) is 13.8 Å². The Balaban J connectivity index is 2.68. The number of esters is 1. The number of nitrogens with one attached hydrogen (secondary N) is 2. The quantitative estimate of drug-likeness (QED) is 0.588. The van der Waals surface area contributed by atoms with Crippen LogP contribution in [0, 0.1) is 5.92 Å². The first kappa shape index (κ1) is 20.6. The molecule has 0 spiro atoms. The summed E-state index contributed by atoms with van der Waals surface area (Å²) < 4.78 is 4.58. The van der Waals surface area contributed by atoms with Gasteiger partial charge < -0.3 is 21.1 Å². The maximum absolute atomic E-state index is 12.4. The Labute approximate surface area is 148 Å². The van der Waals surface area contributed by atoms with Gasteiger partial charge in [-0.3, -0.25) is 9.59 Å². The average Bonchev–Trinajstić information content (AvgIpc) is 2.58. The van der Waals surface area contributed by atoms with Crippen LogP contribution in [0.4, 0.5) is 0 Å². The van der Waals surface area contributed by atoms with E-state index < -0.39 is 35.9 Å². The van der Waals surface area contributed by atoms with Crippen LogP contribution < -0.4 is 16.4 Å². The highest BCUT2D eigenvalue weighted by Crippen LogP contribution is 2.06. The van der Waals surface area contributed by atoms with Crippen LogP contribution in [0.25, 0.3) is 0 Å². The Morgan fingerprint density at radius 2 is 1.64 bits per heavy atom. The van der Waals surface area contributed by atoms with Gasteiger partial charge in [-0.25, -0.2) is 4.79 Å². The molecule has 0 saturated carbocycles. The zero-order chi connectivity index (χ0) is 19.0. The van der Waals surface area contributed by atoms with Crippen LogP contribution >= 0.6 is 0 Å². The van der Waals surface area contributed by atoms with Crippen LogP contribution in [0.15, 0.2) is 30.3 Å². The van der Waals surface area contributed by atoms with Crippen LogP contribution in [-0.2, 0) is 25.5 Å². The molecule has 0 fully saturated rings. The Morgan fingerprint density at radius 1 is 1.04 bits per heavy atom. The molecule has 1 rings (SSSR count). The number of amides is 2. The van der Waals surface area contributed by atoms with Crippen molar-refractivity contribution < 1.29 is 19.1 Å². The molecule has 4 N–H and O–H groups in total. The van der Waals surface area contributed by atoms with Gasteiger partial charge in [0.2, 0.25) is 11.8 Å². The number of nitrogens with two attached hydrogens (primary N) is 1. The van der Waals surface area contributed by atoms with Crippen molar-refractivity contribution in [2.24, 2.45) is 11.7 Å². The highest BCUT2D eigenvalue weighted by molar-refractivity contribution is 5.92. The van der Waals surface area contributed by atoms with Gasteiger partial charge in [-0.2, -0.15) is 0 Å². The average molecular weight is 349 g/mol. The summed E-state index contributed by atoms with van der Waals surface area (Å²) in [5, 5.41) is 5.21. The highest BCUT2D eigenvalue weighted by atomic mass is 16.5. The fourth-order valence-corrected chi connectivity index (χ4v) is 2.29. The number of methoxy groups -OCH3 is 1. The second-order valence-corrected chi connectivity index (χ2v) is 6.28. The molecule has 0 aliphatic rings. The van der Waals surface area contributed by atoms with E-state index >= 15 is 0 Å². The van der Waals surface area contributed by atoms with Crippen molar-refractivity contribution >= 4 is 17.8 Å². The Kier molecular flexibility index (Phi) is 8.07. The molecular weight excluding hydrogens is 322 g/mol. The normalized spacial score (nSPS) is 14.3. The van der Waals surface area contributed by atoms with E-state index in [-0.39, 0.29) is 5.92 Å². The van der Waals surface area contributed by atoms with E-state index in [1.165, 1.54) is 14.0 Å². The van der Waals surface area contributed by atoms with Gasteiger partial charge in [0.05, 0.1) is 13.2 Å². The number of benzene rings is 1. The van der Waals surface area contributed by atoms with E-state index in [0.29, 0.717) is 6.42 Å². The van der Waals surface area contributed by atoms with Gasteiger partial charge in [0.1, 0.15) is 12.1 Å². The molecule has 0 aromatic heterocycles. The summed E-state index contributed by atoms with van der Waals surface area (Å²) in [7, 11) is 1.25. The molecule has 0 aliphatic heterocycles. The largest absolute Gasteiger partial charge is 0.467 e. The number of carbonyl (C=O) groups excluding carboxylic acids is 3. The van der Waals surface area contributed by atoms with Gasteiger partial charge in [-0.15, -0.1) is 0 Å². The molecule has 1 aromatic carbocycles. The predicted molar refractivity (Wildman–Crippen MR) is 94.5 cm³/mol. The van der Waals surface area contributed by atoms with E-state index in [4.69, 9.17) is 5.73 Å². The summed E-state index contributed by atoms with van der Waals surface area (Å²) in [4.78, 5) is 36.1. The number of hydrogen-bond donors (Lipinski definition) is 3. The van der Waals surface area contributed by atoms with Crippen molar-refractivity contribution in [3.63, 3.8) is 0 Å². The third-order valence-corrected chi connectivity index (χ3v) is 3.80. The lowest BCUT2D eigenvalue weighted by molar-refractivity contribution is -0.145. The molecule has 7 nitrogen and oxygen atoms in total. The summed E-state index contributed by atoms with van der Waals surface area (Å²) in [5.41, 5.74) is 6.89. The maximum atomic E-state index is 12.4. The van der Waals surface area contributed by atoms with E-state index in [1.807, 2.05) is 30.3 Å². The molecule has 0 saturated heterocycles. The fraction of sp³-hybridized carbons (Fsp3) is 0.500. The Bertz CT molecular complexity index is 589. The van der Waals surface area contributed by atoms with Crippen LogP contribution in [0.2, 0.25) is 0 Å². The van der Waals surface area contributed by atoms with E-state index in [2.05, 4.69) is 15.4 Å². The van der Waals surface area contributed by atoms with Crippen LogP contribution in [0.3, 0.4) is 0 Å². The minimum absolute atomic E-state index is 0.169. The second-order valence-electron chi connectivity index (χ2n) is 6.28. The molecule has 0 aliphatic carbocycles. The lowest BCUT2D eigenvalue weighted by Gasteiger charge is -2.24. The molecule has 7 heteroatoms. The molecule has 1 aromatic rings. The molecular formula is C18H27N3O4. The molecule has 0 radical (unpaired) electrons. The van der Waals surface area contributed by atoms with Gasteiger partial charge in [-0.1, -0.05) is 44.2 Å². The number of ether oxygens (including phenoxy) is 1. The molecule has 3 atom stereocenters. The van der Waals surface area contributed by atoms with Gasteiger partial charge in [-0.05, 0) is 24.8 Å². The number of carbonyl (C=O) groups is 3. The van der Waals surface area contributed by atoms with Crippen molar-refractivity contribution in [2.75, 3.05) is 7.11 Å². The first-order valence-electron chi connectivity index (χ1n) is 8.24. The van der Waals surface area contributed by atoms with Gasteiger partial charge in [0.25, 0.3) is 0 Å². The first-order valence-corrected chi connectivity index (χ1v) is 8.24. The minimum atomic E-state index is -0.798. The summed E-state index contributed by atoms with van der Waals surface area (Å²) >= 11 is 0. The molecule has 0 heterocycles. The zero-order valence-corrected chi connectivity index (χ0v) is 15.1. The summed E-state index contributed by atoms with van der Waals surface area (Å²) in [6.45, 7) is 5.12. The van der Waals surface area contributed by atoms with Crippen molar-refractivity contribution in [2.45, 2.75) is 45.3 Å². The highest BCUT2D eigenvalue weighted by Gasteiger charge is 2.28. The van der Waals surface area contributed by atoms with Crippen LogP contribution in [-0.4, -0.2) is 43.0 Å². The van der Waals surface area contributed by atoms with Crippen LogP contribution in [0.5, 0.6) is 0 Å². The molecule has 25 heavy (non-hydrogen) atoms. The lowest BCUT2D eigenvalue weighted by Crippen LogP contribution is -2.56. The number of hydrogen-bond acceptors (Lipinski definition) is 5. The predicted octanol–water partition coefficient (Wildman–Crippen LogP) is 0.375. The number of rotatable bonds is 8. The summed E-state index contributed by atoms with van der Waals surface area (Å²) in [5.74, 6) is -1.59. The van der Waals surface area contributed by atoms with E-state index in [9.17, 15) is 14.4 Å². The van der Waals surface area contributed by atoms with Crippen molar-refractivity contribution in [3.8, 4) is 0 Å². The topological polar surface area (TPSA) is 111 Å². The van der Waals surface area contributed by atoms with Gasteiger partial charge in [0, 0.05) is 0 Å². The second kappa shape index (κ2) is 9.78. The Hall–Kier alpha value is -2.41. The third-order valence-electron chi connectivity index (χ3n) is 3.80. The molecule has 0 unspecified atom stereocenters.